The minimum Gasteiger partial charge on any atom is -0.469 e. The monoisotopic (exact) mass is 295 g/mol. The van der Waals surface area contributed by atoms with Crippen LogP contribution in [-0.4, -0.2) is 19.6 Å². The molecular weight excluding hydrogens is 284 g/mol. The number of benzene rings is 1. The third kappa shape index (κ3) is 3.95. The number of hydrogen-bond donors (Lipinski definition) is 1. The lowest BCUT2D eigenvalue weighted by Crippen LogP contribution is -2.21. The van der Waals surface area contributed by atoms with E-state index >= 15 is 0 Å². The number of halogens is 3. The van der Waals surface area contributed by atoms with Crippen LogP contribution in [0.4, 0.5) is 5.69 Å². The van der Waals surface area contributed by atoms with E-state index in [2.05, 4.69) is 10.1 Å². The van der Waals surface area contributed by atoms with Gasteiger partial charge in [-0.2, -0.15) is 0 Å². The molecule has 0 spiro atoms. The lowest BCUT2D eigenvalue weighted by atomic mass is 10.2. The zero-order chi connectivity index (χ0) is 13.0. The van der Waals surface area contributed by atoms with Gasteiger partial charge in [0.25, 0.3) is 0 Å². The van der Waals surface area contributed by atoms with E-state index in [0.29, 0.717) is 27.3 Å². The van der Waals surface area contributed by atoms with Gasteiger partial charge in [-0.05, 0) is 12.1 Å². The molecular formula is C11H12Cl3NO2. The maximum atomic E-state index is 11.2. The maximum absolute atomic E-state index is 11.2. The van der Waals surface area contributed by atoms with E-state index in [1.807, 2.05) is 0 Å². The fourth-order valence-corrected chi connectivity index (χ4v) is 2.20. The minimum atomic E-state index is -0.293. The second-order valence-corrected chi connectivity index (χ2v) is 4.80. The molecule has 6 heteroatoms. The van der Waals surface area contributed by atoms with Crippen LogP contribution in [-0.2, 0) is 9.53 Å². The van der Waals surface area contributed by atoms with Crippen LogP contribution < -0.4 is 5.32 Å². The van der Waals surface area contributed by atoms with Crippen LogP contribution in [0, 0.1) is 5.92 Å². The first kappa shape index (κ1) is 14.4. The summed E-state index contributed by atoms with van der Waals surface area (Å²) in [7, 11) is 1.35. The summed E-state index contributed by atoms with van der Waals surface area (Å²) < 4.78 is 4.61. The Morgan fingerprint density at radius 2 is 1.88 bits per heavy atom. The summed E-state index contributed by atoms with van der Waals surface area (Å²) in [6.45, 7) is 2.13. The lowest BCUT2D eigenvalue weighted by molar-refractivity contribution is -0.144. The van der Waals surface area contributed by atoms with Gasteiger partial charge in [0, 0.05) is 11.6 Å². The van der Waals surface area contributed by atoms with Crippen molar-refractivity contribution in [2.75, 3.05) is 19.0 Å². The molecule has 1 N–H and O–H groups in total. The normalized spacial score (nSPS) is 12.1. The molecule has 0 aliphatic rings. The van der Waals surface area contributed by atoms with Crippen molar-refractivity contribution in [3.8, 4) is 0 Å². The number of carbonyl (C=O) groups is 1. The quantitative estimate of drug-likeness (QED) is 0.857. The molecule has 1 unspecified atom stereocenters. The molecule has 17 heavy (non-hydrogen) atoms. The summed E-state index contributed by atoms with van der Waals surface area (Å²) in [5.41, 5.74) is 0.563. The van der Waals surface area contributed by atoms with Crippen LogP contribution in [0.5, 0.6) is 0 Å². The molecule has 94 valence electrons. The second-order valence-electron chi connectivity index (χ2n) is 3.55. The summed E-state index contributed by atoms with van der Waals surface area (Å²) in [6, 6.07) is 3.17. The van der Waals surface area contributed by atoms with E-state index in [9.17, 15) is 4.79 Å². The number of hydrogen-bond acceptors (Lipinski definition) is 3. The van der Waals surface area contributed by atoms with Gasteiger partial charge in [0.1, 0.15) is 0 Å². The average molecular weight is 297 g/mol. The Balaban J connectivity index is 2.73. The third-order valence-corrected chi connectivity index (χ3v) is 3.01. The summed E-state index contributed by atoms with van der Waals surface area (Å²) in [4.78, 5) is 11.2. The van der Waals surface area contributed by atoms with Crippen LogP contribution in [0.3, 0.4) is 0 Å². The molecule has 0 amide bonds. The van der Waals surface area contributed by atoms with E-state index in [4.69, 9.17) is 34.8 Å². The number of anilines is 1. The van der Waals surface area contributed by atoms with Crippen molar-refractivity contribution < 1.29 is 9.53 Å². The first-order chi connectivity index (χ1) is 7.95. The van der Waals surface area contributed by atoms with Gasteiger partial charge >= 0.3 is 5.97 Å². The Morgan fingerprint density at radius 1 is 1.35 bits per heavy atom. The Hall–Kier alpha value is -0.640. The molecule has 0 saturated carbocycles. The fraction of sp³-hybridized carbons (Fsp3) is 0.364. The van der Waals surface area contributed by atoms with Crippen molar-refractivity contribution in [1.82, 2.24) is 0 Å². The lowest BCUT2D eigenvalue weighted by Gasteiger charge is -2.14. The Labute approximate surface area is 115 Å². The first-order valence-corrected chi connectivity index (χ1v) is 6.05. The van der Waals surface area contributed by atoms with Crippen molar-refractivity contribution in [1.29, 1.82) is 0 Å². The van der Waals surface area contributed by atoms with Crippen molar-refractivity contribution in [3.05, 3.63) is 27.2 Å². The van der Waals surface area contributed by atoms with Gasteiger partial charge < -0.3 is 10.1 Å². The zero-order valence-electron chi connectivity index (χ0n) is 9.39. The van der Waals surface area contributed by atoms with Gasteiger partial charge in [0.2, 0.25) is 0 Å². The molecule has 0 bridgehead atoms. The molecule has 1 rings (SSSR count). The second kappa shape index (κ2) is 6.34. The standard InChI is InChI=1S/C11H12Cl3NO2/c1-6(11(16)17-2)5-15-10-8(13)3-7(12)4-9(10)14/h3-4,6,15H,5H2,1-2H3. The predicted octanol–water partition coefficient (Wildman–Crippen LogP) is 3.87. The van der Waals surface area contributed by atoms with E-state index in [0.717, 1.165) is 0 Å². The van der Waals surface area contributed by atoms with E-state index in [1.54, 1.807) is 19.1 Å². The molecule has 1 atom stereocenters. The highest BCUT2D eigenvalue weighted by atomic mass is 35.5. The Bertz CT molecular complexity index is 400. The summed E-state index contributed by atoms with van der Waals surface area (Å²) in [5.74, 6) is -0.582. The molecule has 1 aromatic carbocycles. The summed E-state index contributed by atoms with van der Waals surface area (Å²) in [5, 5.41) is 4.30. The summed E-state index contributed by atoms with van der Waals surface area (Å²) >= 11 is 17.8. The highest BCUT2D eigenvalue weighted by Gasteiger charge is 2.14. The Kier molecular flexibility index (Phi) is 5.37. The van der Waals surface area contributed by atoms with Gasteiger partial charge in [-0.3, -0.25) is 4.79 Å². The van der Waals surface area contributed by atoms with E-state index < -0.39 is 0 Å². The third-order valence-electron chi connectivity index (χ3n) is 2.20. The Morgan fingerprint density at radius 3 is 2.35 bits per heavy atom. The zero-order valence-corrected chi connectivity index (χ0v) is 11.7. The molecule has 1 aromatic rings. The molecule has 0 fully saturated rings. The molecule has 3 nitrogen and oxygen atoms in total. The van der Waals surface area contributed by atoms with Crippen LogP contribution in [0.2, 0.25) is 15.1 Å². The van der Waals surface area contributed by atoms with E-state index in [1.165, 1.54) is 7.11 Å². The molecule has 0 aliphatic carbocycles. The van der Waals surface area contributed by atoms with Crippen molar-refractivity contribution in [2.45, 2.75) is 6.92 Å². The van der Waals surface area contributed by atoms with Gasteiger partial charge in [0.05, 0.1) is 28.8 Å². The van der Waals surface area contributed by atoms with Crippen LogP contribution in [0.25, 0.3) is 0 Å². The number of carbonyl (C=O) groups excluding carboxylic acids is 1. The minimum absolute atomic E-state index is 0.289. The van der Waals surface area contributed by atoms with Gasteiger partial charge in [0.15, 0.2) is 0 Å². The predicted molar refractivity (Wildman–Crippen MR) is 71.1 cm³/mol. The molecule has 0 heterocycles. The highest BCUT2D eigenvalue weighted by Crippen LogP contribution is 2.33. The number of methoxy groups -OCH3 is 1. The fourth-order valence-electron chi connectivity index (χ4n) is 1.25. The summed E-state index contributed by atoms with van der Waals surface area (Å²) in [6.07, 6.45) is 0. The maximum Gasteiger partial charge on any atom is 0.310 e. The number of ether oxygens (including phenoxy) is 1. The number of nitrogens with one attached hydrogen (secondary N) is 1. The smallest absolute Gasteiger partial charge is 0.310 e. The topological polar surface area (TPSA) is 38.3 Å². The molecule has 0 saturated heterocycles. The van der Waals surface area contributed by atoms with Gasteiger partial charge in [-0.1, -0.05) is 41.7 Å². The molecule has 0 radical (unpaired) electrons. The largest absolute Gasteiger partial charge is 0.469 e. The first-order valence-electron chi connectivity index (χ1n) is 4.92. The van der Waals surface area contributed by atoms with Gasteiger partial charge in [-0.15, -0.1) is 0 Å². The molecule has 0 aliphatic heterocycles. The van der Waals surface area contributed by atoms with Gasteiger partial charge in [-0.25, -0.2) is 0 Å². The van der Waals surface area contributed by atoms with E-state index in [-0.39, 0.29) is 11.9 Å². The van der Waals surface area contributed by atoms with Crippen molar-refractivity contribution >= 4 is 46.5 Å². The highest BCUT2D eigenvalue weighted by molar-refractivity contribution is 6.41. The van der Waals surface area contributed by atoms with Crippen LogP contribution >= 0.6 is 34.8 Å². The van der Waals surface area contributed by atoms with Crippen molar-refractivity contribution in [2.24, 2.45) is 5.92 Å². The van der Waals surface area contributed by atoms with Crippen LogP contribution in [0.15, 0.2) is 12.1 Å². The van der Waals surface area contributed by atoms with Crippen LogP contribution in [0.1, 0.15) is 6.92 Å². The number of esters is 1. The average Bonchev–Trinajstić information content (AvgIpc) is 2.26. The van der Waals surface area contributed by atoms with Crippen molar-refractivity contribution in [3.63, 3.8) is 0 Å². The number of rotatable bonds is 4. The SMILES string of the molecule is COC(=O)C(C)CNc1c(Cl)cc(Cl)cc1Cl. The molecule has 0 aromatic heterocycles.